The van der Waals surface area contributed by atoms with Gasteiger partial charge in [-0.25, -0.2) is 13.1 Å². The highest BCUT2D eigenvalue weighted by Gasteiger charge is 2.38. The van der Waals surface area contributed by atoms with Crippen molar-refractivity contribution in [3.63, 3.8) is 0 Å². The highest BCUT2D eigenvalue weighted by atomic mass is 32.2. The average molecular weight is 377 g/mol. The molecule has 1 aromatic carbocycles. The minimum atomic E-state index is -4.69. The Bertz CT molecular complexity index is 994. The SMILES string of the molecule is Cc1ccccc1S(=O)(=O)NCc1nn2c(C(F)(F)F)nnc2s1. The van der Waals surface area contributed by atoms with Crippen LogP contribution in [0.25, 0.3) is 4.96 Å². The van der Waals surface area contributed by atoms with Gasteiger partial charge in [0.05, 0.1) is 11.4 Å². The summed E-state index contributed by atoms with van der Waals surface area (Å²) in [5.41, 5.74) is 0.558. The molecule has 0 radical (unpaired) electrons. The van der Waals surface area contributed by atoms with Gasteiger partial charge in [-0.2, -0.15) is 22.8 Å². The summed E-state index contributed by atoms with van der Waals surface area (Å²) in [6.45, 7) is 1.40. The quantitative estimate of drug-likeness (QED) is 0.751. The summed E-state index contributed by atoms with van der Waals surface area (Å²) in [6.07, 6.45) is -4.69. The van der Waals surface area contributed by atoms with Crippen molar-refractivity contribution in [3.05, 3.63) is 40.7 Å². The molecule has 0 unspecified atom stereocenters. The normalized spacial score (nSPS) is 12.8. The number of sulfonamides is 1. The van der Waals surface area contributed by atoms with Gasteiger partial charge in [0.15, 0.2) is 0 Å². The lowest BCUT2D eigenvalue weighted by Crippen LogP contribution is -2.24. The molecular formula is C12H10F3N5O2S2. The van der Waals surface area contributed by atoms with Gasteiger partial charge in [0, 0.05) is 0 Å². The summed E-state index contributed by atoms with van der Waals surface area (Å²) in [7, 11) is -3.80. The Labute approximate surface area is 138 Å². The van der Waals surface area contributed by atoms with Crippen LogP contribution in [0.4, 0.5) is 13.2 Å². The Morgan fingerprint density at radius 2 is 1.96 bits per heavy atom. The molecule has 0 aliphatic heterocycles. The Morgan fingerprint density at radius 1 is 1.25 bits per heavy atom. The van der Waals surface area contributed by atoms with Gasteiger partial charge in [-0.15, -0.1) is 10.2 Å². The van der Waals surface area contributed by atoms with E-state index in [1.165, 1.54) is 6.07 Å². The average Bonchev–Trinajstić information content (AvgIpc) is 3.04. The molecule has 7 nitrogen and oxygen atoms in total. The van der Waals surface area contributed by atoms with E-state index in [4.69, 9.17) is 0 Å². The number of alkyl halides is 3. The van der Waals surface area contributed by atoms with Crippen molar-refractivity contribution in [1.82, 2.24) is 24.5 Å². The molecular weight excluding hydrogens is 367 g/mol. The molecule has 0 fully saturated rings. The van der Waals surface area contributed by atoms with Crippen LogP contribution in [0.5, 0.6) is 0 Å². The summed E-state index contributed by atoms with van der Waals surface area (Å²) < 4.78 is 65.6. The van der Waals surface area contributed by atoms with Gasteiger partial charge >= 0.3 is 6.18 Å². The molecule has 3 rings (SSSR count). The number of benzene rings is 1. The van der Waals surface area contributed by atoms with Crippen LogP contribution >= 0.6 is 11.3 Å². The van der Waals surface area contributed by atoms with Gasteiger partial charge in [0.25, 0.3) is 5.82 Å². The molecule has 0 atom stereocenters. The lowest BCUT2D eigenvalue weighted by atomic mass is 10.2. The molecule has 12 heteroatoms. The van der Waals surface area contributed by atoms with E-state index in [1.54, 1.807) is 25.1 Å². The number of nitrogens with zero attached hydrogens (tertiary/aromatic N) is 4. The molecule has 0 bridgehead atoms. The van der Waals surface area contributed by atoms with Crippen LogP contribution in [0.15, 0.2) is 29.2 Å². The van der Waals surface area contributed by atoms with Crippen molar-refractivity contribution in [3.8, 4) is 0 Å². The topological polar surface area (TPSA) is 89.2 Å². The highest BCUT2D eigenvalue weighted by Crippen LogP contribution is 2.29. The summed E-state index contributed by atoms with van der Waals surface area (Å²) in [5.74, 6) is -1.25. The fraction of sp³-hybridized carbons (Fsp3) is 0.250. The Hall–Kier alpha value is -2.05. The van der Waals surface area contributed by atoms with E-state index in [-0.39, 0.29) is 21.4 Å². The first-order valence-corrected chi connectivity index (χ1v) is 8.82. The smallest absolute Gasteiger partial charge is 0.207 e. The fourth-order valence-electron chi connectivity index (χ4n) is 2.00. The molecule has 0 amide bonds. The fourth-order valence-corrected chi connectivity index (χ4v) is 4.09. The molecule has 0 aliphatic rings. The number of nitrogens with one attached hydrogen (secondary N) is 1. The van der Waals surface area contributed by atoms with E-state index in [2.05, 4.69) is 20.0 Å². The predicted molar refractivity (Wildman–Crippen MR) is 78.9 cm³/mol. The molecule has 0 aliphatic carbocycles. The van der Waals surface area contributed by atoms with Gasteiger partial charge in [-0.3, -0.25) is 0 Å². The maximum absolute atomic E-state index is 12.7. The van der Waals surface area contributed by atoms with Gasteiger partial charge in [-0.1, -0.05) is 29.5 Å². The zero-order chi connectivity index (χ0) is 17.5. The van der Waals surface area contributed by atoms with Crippen molar-refractivity contribution < 1.29 is 21.6 Å². The van der Waals surface area contributed by atoms with Gasteiger partial charge < -0.3 is 0 Å². The van der Waals surface area contributed by atoms with Crippen LogP contribution in [0.1, 0.15) is 16.4 Å². The van der Waals surface area contributed by atoms with Crippen LogP contribution in [-0.2, 0) is 22.7 Å². The first-order valence-electron chi connectivity index (χ1n) is 6.52. The van der Waals surface area contributed by atoms with Crippen LogP contribution in [0.3, 0.4) is 0 Å². The summed E-state index contributed by atoms with van der Waals surface area (Å²) in [6, 6.07) is 6.38. The number of aromatic nitrogens is 4. The van der Waals surface area contributed by atoms with Crippen molar-refractivity contribution in [2.45, 2.75) is 24.5 Å². The van der Waals surface area contributed by atoms with Gasteiger partial charge in [0.1, 0.15) is 5.01 Å². The van der Waals surface area contributed by atoms with E-state index >= 15 is 0 Å². The third-order valence-corrected chi connectivity index (χ3v) is 5.54. The minimum Gasteiger partial charge on any atom is -0.207 e. The van der Waals surface area contributed by atoms with E-state index in [0.717, 1.165) is 11.3 Å². The highest BCUT2D eigenvalue weighted by molar-refractivity contribution is 7.89. The lowest BCUT2D eigenvalue weighted by molar-refractivity contribution is -0.146. The van der Waals surface area contributed by atoms with Crippen LogP contribution in [0.2, 0.25) is 0 Å². The molecule has 0 saturated carbocycles. The second-order valence-corrected chi connectivity index (χ2v) is 7.58. The van der Waals surface area contributed by atoms with E-state index in [0.29, 0.717) is 10.1 Å². The molecule has 24 heavy (non-hydrogen) atoms. The number of halogens is 3. The van der Waals surface area contributed by atoms with Crippen molar-refractivity contribution in [1.29, 1.82) is 0 Å². The summed E-state index contributed by atoms with van der Waals surface area (Å²) in [4.78, 5) is 0.0383. The van der Waals surface area contributed by atoms with Crippen molar-refractivity contribution in [2.24, 2.45) is 0 Å². The minimum absolute atomic E-state index is 0.0626. The maximum atomic E-state index is 12.7. The Morgan fingerprint density at radius 3 is 2.62 bits per heavy atom. The molecule has 0 saturated heterocycles. The number of hydrogen-bond donors (Lipinski definition) is 1. The zero-order valence-corrected chi connectivity index (χ0v) is 13.7. The summed E-state index contributed by atoms with van der Waals surface area (Å²) >= 11 is 0.826. The van der Waals surface area contributed by atoms with Crippen molar-refractivity contribution in [2.75, 3.05) is 0 Å². The Kier molecular flexibility index (Phi) is 4.05. The van der Waals surface area contributed by atoms with E-state index in [1.807, 2.05) is 0 Å². The van der Waals surface area contributed by atoms with Crippen LogP contribution < -0.4 is 4.72 Å². The van der Waals surface area contributed by atoms with Gasteiger partial charge in [-0.05, 0) is 18.6 Å². The monoisotopic (exact) mass is 377 g/mol. The number of fused-ring (bicyclic) bond motifs is 1. The molecule has 3 aromatic rings. The zero-order valence-electron chi connectivity index (χ0n) is 12.1. The largest absolute Gasteiger partial charge is 0.453 e. The van der Waals surface area contributed by atoms with Gasteiger partial charge in [0.2, 0.25) is 15.0 Å². The molecule has 2 aromatic heterocycles. The molecule has 1 N–H and O–H groups in total. The van der Waals surface area contributed by atoms with Crippen LogP contribution in [-0.4, -0.2) is 28.2 Å². The molecule has 0 spiro atoms. The lowest BCUT2D eigenvalue weighted by Gasteiger charge is -2.07. The summed E-state index contributed by atoms with van der Waals surface area (Å²) in [5, 5.41) is 10.3. The first-order chi connectivity index (χ1) is 11.2. The predicted octanol–water partition coefficient (Wildman–Crippen LogP) is 1.99. The number of hydrogen-bond acceptors (Lipinski definition) is 6. The van der Waals surface area contributed by atoms with E-state index in [9.17, 15) is 21.6 Å². The standard InChI is InChI=1S/C12H10F3N5O2S2/c1-7-4-2-3-5-8(7)24(21,22)16-6-9-19-20-10(12(13,14)15)17-18-11(20)23-9/h2-5,16H,6H2,1H3. The molecule has 128 valence electrons. The second-order valence-electron chi connectivity index (χ2n) is 4.80. The Balaban J connectivity index is 1.84. The maximum Gasteiger partial charge on any atom is 0.453 e. The van der Waals surface area contributed by atoms with Crippen LogP contribution in [0, 0.1) is 6.92 Å². The van der Waals surface area contributed by atoms with Crippen molar-refractivity contribution >= 4 is 26.3 Å². The molecule has 2 heterocycles. The third-order valence-electron chi connectivity index (χ3n) is 3.08. The second kappa shape index (κ2) is 5.79. The van der Waals surface area contributed by atoms with E-state index < -0.39 is 22.0 Å². The first kappa shape index (κ1) is 16.8. The third kappa shape index (κ3) is 3.12. The number of rotatable bonds is 4. The number of aryl methyl sites for hydroxylation is 1.